The summed E-state index contributed by atoms with van der Waals surface area (Å²) in [6.45, 7) is 8.65. The first-order chi connectivity index (χ1) is 9.99. The molecule has 0 amide bonds. The maximum Gasteiger partial charge on any atom is 0.373 e. The molecule has 0 aromatic heterocycles. The van der Waals surface area contributed by atoms with E-state index in [9.17, 15) is 4.79 Å². The largest absolute Gasteiger partial charge is 0.373 e. The van der Waals surface area contributed by atoms with E-state index in [-0.39, 0.29) is 6.10 Å². The first kappa shape index (κ1) is 16.0. The SMILES string of the molecule is CC(C)c1ccc(C(=O)OOC2CCCC(C)C2C)cc1. The minimum Gasteiger partial charge on any atom is -0.293 e. The molecule has 3 nitrogen and oxygen atoms in total. The van der Waals surface area contributed by atoms with E-state index in [1.54, 1.807) is 12.1 Å². The molecule has 1 aliphatic rings. The molecule has 3 unspecified atom stereocenters. The van der Waals surface area contributed by atoms with Crippen LogP contribution in [-0.4, -0.2) is 12.1 Å². The zero-order valence-corrected chi connectivity index (χ0v) is 13.5. The first-order valence-corrected chi connectivity index (χ1v) is 7.96. The molecule has 1 aromatic carbocycles. The standard InChI is InChI=1S/C18H26O3/c1-12(2)15-8-10-16(11-9-15)18(19)21-20-17-7-5-6-13(3)14(17)4/h8-14,17H,5-7H2,1-4H3. The molecule has 1 aromatic rings. The quantitative estimate of drug-likeness (QED) is 0.594. The molecule has 1 aliphatic carbocycles. The fourth-order valence-electron chi connectivity index (χ4n) is 2.83. The zero-order chi connectivity index (χ0) is 15.4. The average Bonchev–Trinajstić information content (AvgIpc) is 2.48. The molecule has 1 fully saturated rings. The maximum absolute atomic E-state index is 12.0. The number of rotatable bonds is 4. The predicted octanol–water partition coefficient (Wildman–Crippen LogP) is 4.72. The Morgan fingerprint density at radius 1 is 1.14 bits per heavy atom. The van der Waals surface area contributed by atoms with E-state index in [1.165, 1.54) is 12.0 Å². The summed E-state index contributed by atoms with van der Waals surface area (Å²) in [6.07, 6.45) is 3.35. The van der Waals surface area contributed by atoms with Crippen LogP contribution in [0.15, 0.2) is 24.3 Å². The lowest BCUT2D eigenvalue weighted by Gasteiger charge is -2.32. The van der Waals surface area contributed by atoms with Crippen molar-refractivity contribution in [2.24, 2.45) is 11.8 Å². The van der Waals surface area contributed by atoms with Crippen LogP contribution in [0.5, 0.6) is 0 Å². The molecular weight excluding hydrogens is 264 g/mol. The monoisotopic (exact) mass is 290 g/mol. The van der Waals surface area contributed by atoms with Crippen LogP contribution in [0.3, 0.4) is 0 Å². The summed E-state index contributed by atoms with van der Waals surface area (Å²) < 4.78 is 0. The Bertz CT molecular complexity index is 464. The molecular formula is C18H26O3. The van der Waals surface area contributed by atoms with Crippen molar-refractivity contribution in [3.63, 3.8) is 0 Å². The van der Waals surface area contributed by atoms with Gasteiger partial charge in [0.15, 0.2) is 0 Å². The van der Waals surface area contributed by atoms with Crippen LogP contribution in [0.1, 0.15) is 68.8 Å². The van der Waals surface area contributed by atoms with Crippen LogP contribution in [0.2, 0.25) is 0 Å². The van der Waals surface area contributed by atoms with Crippen LogP contribution in [0.4, 0.5) is 0 Å². The Morgan fingerprint density at radius 2 is 1.81 bits per heavy atom. The Hall–Kier alpha value is -1.35. The van der Waals surface area contributed by atoms with Crippen molar-refractivity contribution >= 4 is 5.97 Å². The van der Waals surface area contributed by atoms with Crippen molar-refractivity contribution in [1.29, 1.82) is 0 Å². The van der Waals surface area contributed by atoms with Gasteiger partial charge in [0.2, 0.25) is 0 Å². The van der Waals surface area contributed by atoms with Crippen molar-refractivity contribution in [2.45, 2.75) is 59.0 Å². The minimum atomic E-state index is -0.407. The Labute approximate surface area is 127 Å². The second-order valence-electron chi connectivity index (χ2n) is 6.55. The molecule has 0 spiro atoms. The van der Waals surface area contributed by atoms with E-state index < -0.39 is 5.97 Å². The van der Waals surface area contributed by atoms with Crippen molar-refractivity contribution in [2.75, 3.05) is 0 Å². The molecule has 0 saturated heterocycles. The Morgan fingerprint density at radius 3 is 2.43 bits per heavy atom. The van der Waals surface area contributed by atoms with E-state index in [1.807, 2.05) is 12.1 Å². The van der Waals surface area contributed by atoms with Gasteiger partial charge < -0.3 is 0 Å². The molecule has 2 rings (SSSR count). The maximum atomic E-state index is 12.0. The van der Waals surface area contributed by atoms with Gasteiger partial charge in [0, 0.05) is 0 Å². The molecule has 3 atom stereocenters. The van der Waals surface area contributed by atoms with Gasteiger partial charge in [-0.3, -0.25) is 4.89 Å². The second-order valence-corrected chi connectivity index (χ2v) is 6.55. The molecule has 21 heavy (non-hydrogen) atoms. The summed E-state index contributed by atoms with van der Waals surface area (Å²) in [7, 11) is 0. The summed E-state index contributed by atoms with van der Waals surface area (Å²) >= 11 is 0. The molecule has 0 N–H and O–H groups in total. The molecule has 0 bridgehead atoms. The van der Waals surface area contributed by atoms with E-state index in [0.717, 1.165) is 12.8 Å². The van der Waals surface area contributed by atoms with Gasteiger partial charge in [0.25, 0.3) is 0 Å². The lowest BCUT2D eigenvalue weighted by Crippen LogP contribution is -2.32. The van der Waals surface area contributed by atoms with E-state index in [2.05, 4.69) is 27.7 Å². The van der Waals surface area contributed by atoms with Crippen LogP contribution in [-0.2, 0) is 9.78 Å². The topological polar surface area (TPSA) is 35.5 Å². The zero-order valence-electron chi connectivity index (χ0n) is 13.5. The third-order valence-electron chi connectivity index (χ3n) is 4.69. The molecule has 0 radical (unpaired) electrons. The first-order valence-electron chi connectivity index (χ1n) is 7.96. The van der Waals surface area contributed by atoms with Crippen molar-refractivity contribution < 1.29 is 14.6 Å². The Kier molecular flexibility index (Phi) is 5.40. The Balaban J connectivity index is 1.89. The van der Waals surface area contributed by atoms with E-state index in [4.69, 9.17) is 9.78 Å². The molecule has 0 aliphatic heterocycles. The van der Waals surface area contributed by atoms with Gasteiger partial charge in [-0.05, 0) is 41.9 Å². The third-order valence-corrected chi connectivity index (χ3v) is 4.69. The molecule has 1 saturated carbocycles. The average molecular weight is 290 g/mol. The van der Waals surface area contributed by atoms with Gasteiger partial charge in [0.05, 0.1) is 5.56 Å². The molecule has 116 valence electrons. The number of hydrogen-bond acceptors (Lipinski definition) is 3. The van der Waals surface area contributed by atoms with Crippen LogP contribution in [0, 0.1) is 11.8 Å². The fraction of sp³-hybridized carbons (Fsp3) is 0.611. The van der Waals surface area contributed by atoms with Crippen LogP contribution < -0.4 is 0 Å². The predicted molar refractivity (Wildman–Crippen MR) is 83.0 cm³/mol. The van der Waals surface area contributed by atoms with Gasteiger partial charge in [-0.2, -0.15) is 4.89 Å². The highest BCUT2D eigenvalue weighted by atomic mass is 17.2. The van der Waals surface area contributed by atoms with Gasteiger partial charge >= 0.3 is 5.97 Å². The second kappa shape index (κ2) is 7.08. The smallest absolute Gasteiger partial charge is 0.293 e. The van der Waals surface area contributed by atoms with Gasteiger partial charge in [-0.1, -0.05) is 52.7 Å². The highest BCUT2D eigenvalue weighted by Crippen LogP contribution is 2.31. The lowest BCUT2D eigenvalue weighted by molar-refractivity contribution is -0.292. The third kappa shape index (κ3) is 4.07. The minimum absolute atomic E-state index is 0.0210. The van der Waals surface area contributed by atoms with E-state index in [0.29, 0.717) is 23.3 Å². The van der Waals surface area contributed by atoms with Crippen molar-refractivity contribution in [3.8, 4) is 0 Å². The van der Waals surface area contributed by atoms with Gasteiger partial charge in [-0.15, -0.1) is 0 Å². The number of hydrogen-bond donors (Lipinski definition) is 0. The summed E-state index contributed by atoms with van der Waals surface area (Å²) in [5.41, 5.74) is 1.75. The van der Waals surface area contributed by atoms with Crippen molar-refractivity contribution in [3.05, 3.63) is 35.4 Å². The summed E-state index contributed by atoms with van der Waals surface area (Å²) in [6, 6.07) is 7.53. The summed E-state index contributed by atoms with van der Waals surface area (Å²) in [5.74, 6) is 1.09. The lowest BCUT2D eigenvalue weighted by atomic mass is 9.80. The van der Waals surface area contributed by atoms with Crippen molar-refractivity contribution in [1.82, 2.24) is 0 Å². The van der Waals surface area contributed by atoms with Crippen LogP contribution >= 0.6 is 0 Å². The highest BCUT2D eigenvalue weighted by Gasteiger charge is 2.29. The fourth-order valence-corrected chi connectivity index (χ4v) is 2.83. The summed E-state index contributed by atoms with van der Waals surface area (Å²) in [5, 5.41) is 0. The highest BCUT2D eigenvalue weighted by molar-refractivity contribution is 5.88. The van der Waals surface area contributed by atoms with Crippen LogP contribution in [0.25, 0.3) is 0 Å². The van der Waals surface area contributed by atoms with Gasteiger partial charge in [-0.25, -0.2) is 4.79 Å². The number of carbonyl (C=O) groups is 1. The molecule has 3 heteroatoms. The molecule has 0 heterocycles. The number of carbonyl (C=O) groups excluding carboxylic acids is 1. The number of benzene rings is 1. The van der Waals surface area contributed by atoms with E-state index >= 15 is 0 Å². The van der Waals surface area contributed by atoms with Gasteiger partial charge in [0.1, 0.15) is 6.10 Å². The normalized spacial score (nSPS) is 25.9. The summed E-state index contributed by atoms with van der Waals surface area (Å²) in [4.78, 5) is 22.5.